The Morgan fingerprint density at radius 1 is 1.09 bits per heavy atom. The van der Waals surface area contributed by atoms with Gasteiger partial charge in [0, 0.05) is 13.1 Å². The van der Waals surface area contributed by atoms with Crippen molar-refractivity contribution in [1.82, 2.24) is 0 Å². The molecule has 2 aromatic carbocycles. The number of carboxylic acid groups (broad SMARTS) is 1. The highest BCUT2D eigenvalue weighted by Crippen LogP contribution is 2.43. The van der Waals surface area contributed by atoms with E-state index < -0.39 is 44.1 Å². The molecule has 0 saturated heterocycles. The Kier molecular flexibility index (Phi) is 8.73. The standard InChI is InChI=1S/C22H27F3N2O5S/c1-3-5-11-27(12-6-4-2)17-13-15(21(28)29)14-19(33(26,30)31)20(17)32-18-10-8-7-9-16(18)22(23,24)25/h7-10,13-14H,3-6,11-12H2,1-2H3,(H,28,29)(H2,26,30,31). The van der Waals surface area contributed by atoms with Crippen LogP contribution in [-0.4, -0.2) is 32.6 Å². The molecule has 2 rings (SSSR count). The number of ether oxygens (including phenoxy) is 1. The second kappa shape index (κ2) is 10.9. The molecule has 33 heavy (non-hydrogen) atoms. The molecule has 0 aliphatic heterocycles. The van der Waals surface area contributed by atoms with Crippen LogP contribution >= 0.6 is 0 Å². The van der Waals surface area contributed by atoms with E-state index in [9.17, 15) is 31.5 Å². The molecule has 0 fully saturated rings. The molecule has 0 heterocycles. The highest BCUT2D eigenvalue weighted by atomic mass is 32.2. The molecule has 0 aliphatic carbocycles. The number of sulfonamides is 1. The molecular formula is C22H27F3N2O5S. The fourth-order valence-electron chi connectivity index (χ4n) is 3.21. The molecule has 0 unspecified atom stereocenters. The number of carboxylic acids is 1. The molecule has 0 bridgehead atoms. The summed E-state index contributed by atoms with van der Waals surface area (Å²) in [7, 11) is -4.55. The van der Waals surface area contributed by atoms with Crippen LogP contribution in [0.2, 0.25) is 0 Å². The second-order valence-corrected chi connectivity index (χ2v) is 8.99. The Bertz CT molecular complexity index is 1080. The fourth-order valence-corrected chi connectivity index (χ4v) is 3.91. The normalized spacial score (nSPS) is 11.9. The third-order valence-corrected chi connectivity index (χ3v) is 5.81. The number of benzene rings is 2. The van der Waals surface area contributed by atoms with Gasteiger partial charge in [-0.2, -0.15) is 13.2 Å². The van der Waals surface area contributed by atoms with E-state index in [1.54, 1.807) is 4.90 Å². The SMILES string of the molecule is CCCCN(CCCC)c1cc(C(=O)O)cc(S(N)(=O)=O)c1Oc1ccccc1C(F)(F)F. The maximum Gasteiger partial charge on any atom is 0.419 e. The number of primary sulfonamides is 1. The Morgan fingerprint density at radius 3 is 2.15 bits per heavy atom. The van der Waals surface area contributed by atoms with Gasteiger partial charge in [-0.3, -0.25) is 0 Å². The summed E-state index contributed by atoms with van der Waals surface area (Å²) >= 11 is 0. The van der Waals surface area contributed by atoms with Crippen molar-refractivity contribution in [2.75, 3.05) is 18.0 Å². The predicted molar refractivity (Wildman–Crippen MR) is 118 cm³/mol. The molecule has 0 saturated carbocycles. The van der Waals surface area contributed by atoms with E-state index in [1.165, 1.54) is 18.2 Å². The number of alkyl halides is 3. The number of hydrogen-bond donors (Lipinski definition) is 2. The van der Waals surface area contributed by atoms with E-state index in [0.29, 0.717) is 25.9 Å². The average molecular weight is 489 g/mol. The number of para-hydroxylation sites is 1. The van der Waals surface area contributed by atoms with E-state index in [0.717, 1.165) is 31.0 Å². The van der Waals surface area contributed by atoms with Crippen LogP contribution < -0.4 is 14.8 Å². The minimum absolute atomic E-state index is 0.0535. The summed E-state index contributed by atoms with van der Waals surface area (Å²) in [6, 6.07) is 6.37. The molecule has 0 spiro atoms. The Labute approximate surface area is 191 Å². The molecule has 0 radical (unpaired) electrons. The number of unbranched alkanes of at least 4 members (excludes halogenated alkanes) is 2. The third kappa shape index (κ3) is 6.84. The summed E-state index contributed by atoms with van der Waals surface area (Å²) in [5, 5.41) is 14.9. The molecule has 3 N–H and O–H groups in total. The van der Waals surface area contributed by atoms with Crippen LogP contribution in [0, 0.1) is 0 Å². The molecule has 0 aliphatic rings. The zero-order valence-electron chi connectivity index (χ0n) is 18.4. The quantitative estimate of drug-likeness (QED) is 0.447. The van der Waals surface area contributed by atoms with Gasteiger partial charge in [0.05, 0.1) is 16.8 Å². The first-order valence-corrected chi connectivity index (χ1v) is 12.0. The number of nitrogens with zero attached hydrogens (tertiary/aromatic N) is 1. The molecule has 0 amide bonds. The highest BCUT2D eigenvalue weighted by Gasteiger charge is 2.35. The van der Waals surface area contributed by atoms with Gasteiger partial charge in [0.15, 0.2) is 5.75 Å². The lowest BCUT2D eigenvalue weighted by Gasteiger charge is -2.28. The smallest absolute Gasteiger partial charge is 0.419 e. The number of aromatic carboxylic acids is 1. The first kappa shape index (κ1) is 26.5. The Morgan fingerprint density at radius 2 is 1.67 bits per heavy atom. The van der Waals surface area contributed by atoms with Crippen molar-refractivity contribution in [2.24, 2.45) is 5.14 Å². The van der Waals surface area contributed by atoms with E-state index in [1.807, 2.05) is 13.8 Å². The number of rotatable bonds is 11. The average Bonchev–Trinajstić information content (AvgIpc) is 2.73. The minimum Gasteiger partial charge on any atom is -0.478 e. The second-order valence-electron chi connectivity index (χ2n) is 7.46. The first-order chi connectivity index (χ1) is 15.4. The lowest BCUT2D eigenvalue weighted by Crippen LogP contribution is -2.27. The summed E-state index contributed by atoms with van der Waals surface area (Å²) in [5.74, 6) is -2.47. The lowest BCUT2D eigenvalue weighted by molar-refractivity contribution is -0.138. The largest absolute Gasteiger partial charge is 0.478 e. The topological polar surface area (TPSA) is 110 Å². The van der Waals surface area contributed by atoms with Crippen molar-refractivity contribution in [3.05, 3.63) is 47.5 Å². The summed E-state index contributed by atoms with van der Waals surface area (Å²) in [6.45, 7) is 4.72. The molecular weight excluding hydrogens is 461 g/mol. The zero-order chi connectivity index (χ0) is 24.8. The number of anilines is 1. The number of hydrogen-bond acceptors (Lipinski definition) is 5. The van der Waals surface area contributed by atoms with Gasteiger partial charge in [-0.25, -0.2) is 18.4 Å². The van der Waals surface area contributed by atoms with Crippen LogP contribution in [0.4, 0.5) is 18.9 Å². The highest BCUT2D eigenvalue weighted by molar-refractivity contribution is 7.89. The Hall–Kier alpha value is -2.79. The van der Waals surface area contributed by atoms with Gasteiger partial charge < -0.3 is 14.7 Å². The maximum atomic E-state index is 13.5. The molecule has 0 aromatic heterocycles. The van der Waals surface area contributed by atoms with Gasteiger partial charge in [-0.15, -0.1) is 0 Å². The van der Waals surface area contributed by atoms with Gasteiger partial charge >= 0.3 is 12.1 Å². The summed E-state index contributed by atoms with van der Waals surface area (Å²) in [6.07, 6.45) is -1.81. The molecule has 2 aromatic rings. The lowest BCUT2D eigenvalue weighted by atomic mass is 10.1. The van der Waals surface area contributed by atoms with E-state index in [4.69, 9.17) is 9.88 Å². The van der Waals surface area contributed by atoms with Crippen molar-refractivity contribution in [1.29, 1.82) is 0 Å². The number of carbonyl (C=O) groups is 1. The van der Waals surface area contributed by atoms with Crippen LogP contribution in [0.5, 0.6) is 11.5 Å². The number of halogens is 3. The van der Waals surface area contributed by atoms with Crippen molar-refractivity contribution in [2.45, 2.75) is 50.6 Å². The summed E-state index contributed by atoms with van der Waals surface area (Å²) in [4.78, 5) is 12.7. The van der Waals surface area contributed by atoms with Gasteiger partial charge in [-0.1, -0.05) is 38.8 Å². The van der Waals surface area contributed by atoms with Crippen molar-refractivity contribution in [3.8, 4) is 11.5 Å². The third-order valence-electron chi connectivity index (χ3n) is 4.90. The van der Waals surface area contributed by atoms with Gasteiger partial charge in [0.25, 0.3) is 0 Å². The van der Waals surface area contributed by atoms with Crippen LogP contribution in [0.1, 0.15) is 55.5 Å². The molecule has 182 valence electrons. The van der Waals surface area contributed by atoms with Crippen molar-refractivity contribution >= 4 is 21.7 Å². The predicted octanol–water partition coefficient (Wildman–Crippen LogP) is 5.25. The van der Waals surface area contributed by atoms with E-state index in [-0.39, 0.29) is 11.3 Å². The van der Waals surface area contributed by atoms with Gasteiger partial charge in [0.2, 0.25) is 10.0 Å². The number of nitrogens with two attached hydrogens (primary N) is 1. The summed E-state index contributed by atoms with van der Waals surface area (Å²) < 4.78 is 70.9. The van der Waals surface area contributed by atoms with Gasteiger partial charge in [-0.05, 0) is 37.1 Å². The van der Waals surface area contributed by atoms with E-state index >= 15 is 0 Å². The van der Waals surface area contributed by atoms with Crippen LogP contribution in [0.25, 0.3) is 0 Å². The van der Waals surface area contributed by atoms with Crippen LogP contribution in [0.3, 0.4) is 0 Å². The molecule has 0 atom stereocenters. The summed E-state index contributed by atoms with van der Waals surface area (Å²) in [5.41, 5.74) is -1.42. The van der Waals surface area contributed by atoms with Crippen molar-refractivity contribution in [3.63, 3.8) is 0 Å². The molecule has 11 heteroatoms. The minimum atomic E-state index is -4.76. The monoisotopic (exact) mass is 488 g/mol. The van der Waals surface area contributed by atoms with Crippen LogP contribution in [0.15, 0.2) is 41.3 Å². The molecule has 7 nitrogen and oxygen atoms in total. The van der Waals surface area contributed by atoms with Crippen LogP contribution in [-0.2, 0) is 16.2 Å². The fraction of sp³-hybridized carbons (Fsp3) is 0.409. The Balaban J connectivity index is 2.82. The maximum absolute atomic E-state index is 13.5. The van der Waals surface area contributed by atoms with Crippen molar-refractivity contribution < 1.29 is 36.2 Å². The zero-order valence-corrected chi connectivity index (χ0v) is 19.2. The first-order valence-electron chi connectivity index (χ1n) is 10.4. The van der Waals surface area contributed by atoms with E-state index in [2.05, 4.69) is 0 Å². The van der Waals surface area contributed by atoms with Gasteiger partial charge in [0.1, 0.15) is 10.6 Å².